The van der Waals surface area contributed by atoms with E-state index in [9.17, 15) is 4.79 Å². The van der Waals surface area contributed by atoms with Crippen molar-refractivity contribution in [3.63, 3.8) is 0 Å². The van der Waals surface area contributed by atoms with E-state index in [1.54, 1.807) is 25.1 Å². The number of thiophene rings is 1. The van der Waals surface area contributed by atoms with Gasteiger partial charge in [0, 0.05) is 0 Å². The molecule has 1 aromatic carbocycles. The average molecular weight is 369 g/mol. The molecule has 5 nitrogen and oxygen atoms in total. The molecule has 2 heterocycles. The Morgan fingerprint density at radius 3 is 2.61 bits per heavy atom. The van der Waals surface area contributed by atoms with Gasteiger partial charge in [-0.3, -0.25) is 0 Å². The second kappa shape index (κ2) is 6.70. The van der Waals surface area contributed by atoms with Gasteiger partial charge in [-0.25, -0.2) is 4.79 Å². The number of hydrogen-bond donors (Lipinski definition) is 0. The highest BCUT2D eigenvalue weighted by molar-refractivity contribution is 7.13. The molecule has 0 amide bonds. The molecule has 0 unspecified atom stereocenters. The van der Waals surface area contributed by atoms with E-state index in [-0.39, 0.29) is 21.5 Å². The molecule has 0 aliphatic rings. The quantitative estimate of drug-likeness (QED) is 0.604. The van der Waals surface area contributed by atoms with Crippen LogP contribution < -0.4 is 0 Å². The number of nitrogens with zero attached hydrogens (tertiary/aromatic N) is 2. The van der Waals surface area contributed by atoms with Crippen LogP contribution in [0.2, 0.25) is 10.0 Å². The van der Waals surface area contributed by atoms with Gasteiger partial charge in [-0.2, -0.15) is 0 Å². The Kier molecular flexibility index (Phi) is 4.66. The fraction of sp³-hybridized carbons (Fsp3) is 0.133. The molecule has 0 aliphatic carbocycles. The highest BCUT2D eigenvalue weighted by Crippen LogP contribution is 2.29. The Morgan fingerprint density at radius 2 is 1.96 bits per heavy atom. The first-order valence-electron chi connectivity index (χ1n) is 6.58. The molecule has 3 rings (SSSR count). The van der Waals surface area contributed by atoms with Crippen molar-refractivity contribution in [3.8, 4) is 10.8 Å². The molecular weight excluding hydrogens is 359 g/mol. The molecule has 0 aliphatic heterocycles. The van der Waals surface area contributed by atoms with Crippen molar-refractivity contribution in [2.75, 3.05) is 0 Å². The second-order valence-corrected chi connectivity index (χ2v) is 6.33. The van der Waals surface area contributed by atoms with Gasteiger partial charge in [-0.1, -0.05) is 35.3 Å². The lowest BCUT2D eigenvalue weighted by Gasteiger charge is -2.11. The third-order valence-corrected chi connectivity index (χ3v) is 4.46. The summed E-state index contributed by atoms with van der Waals surface area (Å²) in [6, 6.07) is 8.53. The summed E-state index contributed by atoms with van der Waals surface area (Å²) in [5.41, 5.74) is 0.112. The smallest absolute Gasteiger partial charge is 0.341 e. The van der Waals surface area contributed by atoms with E-state index in [1.807, 2.05) is 17.5 Å². The Balaban J connectivity index is 1.77. The molecule has 0 spiro atoms. The number of hydrogen-bond acceptors (Lipinski definition) is 6. The van der Waals surface area contributed by atoms with Crippen LogP contribution in [-0.2, 0) is 4.74 Å². The molecule has 0 bridgehead atoms. The Labute approximate surface area is 145 Å². The molecule has 1 atom stereocenters. The maximum absolute atomic E-state index is 12.2. The van der Waals surface area contributed by atoms with Gasteiger partial charge in [0.1, 0.15) is 0 Å². The first-order chi connectivity index (χ1) is 11.1. The molecule has 2 aromatic heterocycles. The standard InChI is InChI=1S/C15H10Cl2N2O3S/c1-8(13-18-19-14(22-13)11-6-3-7-23-11)21-15(20)12-9(16)4-2-5-10(12)17/h2-8H,1H3/t8-/m1/s1. The highest BCUT2D eigenvalue weighted by atomic mass is 35.5. The van der Waals surface area contributed by atoms with Crippen molar-refractivity contribution in [1.29, 1.82) is 0 Å². The molecule has 23 heavy (non-hydrogen) atoms. The zero-order valence-corrected chi connectivity index (χ0v) is 14.2. The van der Waals surface area contributed by atoms with Gasteiger partial charge in [0.15, 0.2) is 6.10 Å². The summed E-state index contributed by atoms with van der Waals surface area (Å²) in [6.07, 6.45) is -0.726. The van der Waals surface area contributed by atoms with Crippen LogP contribution >= 0.6 is 34.5 Å². The number of benzene rings is 1. The predicted octanol–water partition coefficient (Wildman–Crippen LogP) is 5.02. The van der Waals surface area contributed by atoms with E-state index < -0.39 is 12.1 Å². The van der Waals surface area contributed by atoms with Gasteiger partial charge in [0.2, 0.25) is 0 Å². The number of halogens is 2. The topological polar surface area (TPSA) is 65.2 Å². The molecule has 0 radical (unpaired) electrons. The van der Waals surface area contributed by atoms with Crippen molar-refractivity contribution in [1.82, 2.24) is 10.2 Å². The van der Waals surface area contributed by atoms with Crippen LogP contribution in [0.5, 0.6) is 0 Å². The number of esters is 1. The molecule has 3 aromatic rings. The number of aromatic nitrogens is 2. The minimum Gasteiger partial charge on any atom is -0.449 e. The molecule has 0 N–H and O–H groups in total. The third kappa shape index (κ3) is 3.39. The Hall–Kier alpha value is -1.89. The normalized spacial score (nSPS) is 12.1. The molecular formula is C15H10Cl2N2O3S. The molecule has 0 saturated heterocycles. The van der Waals surface area contributed by atoms with Crippen LogP contribution in [0.1, 0.15) is 29.3 Å². The summed E-state index contributed by atoms with van der Waals surface area (Å²) in [6.45, 7) is 1.63. The first kappa shape index (κ1) is 16.0. The highest BCUT2D eigenvalue weighted by Gasteiger charge is 2.23. The number of rotatable bonds is 4. The number of ether oxygens (including phenoxy) is 1. The van der Waals surface area contributed by atoms with Crippen LogP contribution in [0.15, 0.2) is 40.1 Å². The predicted molar refractivity (Wildman–Crippen MR) is 87.9 cm³/mol. The van der Waals surface area contributed by atoms with Gasteiger partial charge in [0.05, 0.1) is 20.5 Å². The van der Waals surface area contributed by atoms with Gasteiger partial charge in [-0.15, -0.1) is 21.5 Å². The SMILES string of the molecule is C[C@@H](OC(=O)c1c(Cl)cccc1Cl)c1nnc(-c2cccs2)o1. The van der Waals surface area contributed by atoms with E-state index in [1.165, 1.54) is 11.3 Å². The molecule has 118 valence electrons. The van der Waals surface area contributed by atoms with E-state index >= 15 is 0 Å². The van der Waals surface area contributed by atoms with E-state index in [4.69, 9.17) is 32.4 Å². The van der Waals surface area contributed by atoms with Crippen LogP contribution in [0, 0.1) is 0 Å². The minimum absolute atomic E-state index is 0.112. The van der Waals surface area contributed by atoms with Crippen molar-refractivity contribution in [2.24, 2.45) is 0 Å². The average Bonchev–Trinajstić information content (AvgIpc) is 3.18. The monoisotopic (exact) mass is 368 g/mol. The third-order valence-electron chi connectivity index (χ3n) is 2.97. The summed E-state index contributed by atoms with van der Waals surface area (Å²) in [4.78, 5) is 13.1. The van der Waals surface area contributed by atoms with Crippen molar-refractivity contribution in [2.45, 2.75) is 13.0 Å². The lowest BCUT2D eigenvalue weighted by molar-refractivity contribution is 0.0280. The lowest BCUT2D eigenvalue weighted by Crippen LogP contribution is -2.10. The summed E-state index contributed by atoms with van der Waals surface area (Å²) >= 11 is 13.5. The summed E-state index contributed by atoms with van der Waals surface area (Å²) < 4.78 is 10.8. The molecule has 8 heteroatoms. The Bertz CT molecular complexity index is 813. The lowest BCUT2D eigenvalue weighted by atomic mass is 10.2. The fourth-order valence-electron chi connectivity index (χ4n) is 1.86. The summed E-state index contributed by atoms with van der Waals surface area (Å²) in [7, 11) is 0. The maximum atomic E-state index is 12.2. The van der Waals surface area contributed by atoms with E-state index in [0.29, 0.717) is 5.89 Å². The zero-order valence-electron chi connectivity index (χ0n) is 11.8. The zero-order chi connectivity index (χ0) is 16.4. The maximum Gasteiger partial charge on any atom is 0.341 e. The van der Waals surface area contributed by atoms with Gasteiger partial charge < -0.3 is 9.15 Å². The Morgan fingerprint density at radius 1 is 1.22 bits per heavy atom. The van der Waals surface area contributed by atoms with E-state index in [2.05, 4.69) is 10.2 Å². The fourth-order valence-corrected chi connectivity index (χ4v) is 3.06. The van der Waals surface area contributed by atoms with Crippen LogP contribution in [0.3, 0.4) is 0 Å². The van der Waals surface area contributed by atoms with Gasteiger partial charge in [0.25, 0.3) is 11.8 Å². The summed E-state index contributed by atoms with van der Waals surface area (Å²) in [5, 5.41) is 10.2. The van der Waals surface area contributed by atoms with Crippen molar-refractivity contribution < 1.29 is 13.9 Å². The number of carbonyl (C=O) groups excluding carboxylic acids is 1. The second-order valence-electron chi connectivity index (χ2n) is 4.57. The van der Waals surface area contributed by atoms with Crippen molar-refractivity contribution in [3.05, 3.63) is 57.2 Å². The number of carbonyl (C=O) groups is 1. The van der Waals surface area contributed by atoms with Crippen LogP contribution in [-0.4, -0.2) is 16.2 Å². The molecule has 0 saturated carbocycles. The molecule has 0 fully saturated rings. The van der Waals surface area contributed by atoms with Crippen molar-refractivity contribution >= 4 is 40.5 Å². The summed E-state index contributed by atoms with van der Waals surface area (Å²) in [5.74, 6) is -0.0671. The largest absolute Gasteiger partial charge is 0.449 e. The van der Waals surface area contributed by atoms with Gasteiger partial charge >= 0.3 is 5.97 Å². The first-order valence-corrected chi connectivity index (χ1v) is 8.22. The minimum atomic E-state index is -0.726. The van der Waals surface area contributed by atoms with Crippen LogP contribution in [0.25, 0.3) is 10.8 Å². The van der Waals surface area contributed by atoms with Crippen LogP contribution in [0.4, 0.5) is 0 Å². The van der Waals surface area contributed by atoms with E-state index in [0.717, 1.165) is 4.88 Å². The van der Waals surface area contributed by atoms with Gasteiger partial charge in [-0.05, 0) is 30.5 Å².